The van der Waals surface area contributed by atoms with Crippen molar-refractivity contribution >= 4 is 45.3 Å². The third-order valence-corrected chi connectivity index (χ3v) is 9.64. The zero-order valence-electron chi connectivity index (χ0n) is 18.6. The predicted molar refractivity (Wildman–Crippen MR) is 151 cm³/mol. The molecule has 0 N–H and O–H groups in total. The zero-order chi connectivity index (χ0) is 22.7. The summed E-state index contributed by atoms with van der Waals surface area (Å²) in [6.07, 6.45) is 2.27. The molecule has 0 aliphatic carbocycles. The third kappa shape index (κ3) is 4.27. The monoisotopic (exact) mass is 516 g/mol. The lowest BCUT2D eigenvalue weighted by atomic mass is 10.2. The van der Waals surface area contributed by atoms with Gasteiger partial charge in [-0.05, 0) is 82.9 Å². The zero-order valence-corrected chi connectivity index (χ0v) is 21.9. The minimum Gasteiger partial charge on any atom is -0.339 e. The molecule has 0 saturated heterocycles. The fourth-order valence-electron chi connectivity index (χ4n) is 4.51. The Bertz CT molecular complexity index is 1210. The summed E-state index contributed by atoms with van der Waals surface area (Å²) in [6.45, 7) is 2.05. The van der Waals surface area contributed by atoms with Gasteiger partial charge >= 0.3 is 0 Å². The van der Waals surface area contributed by atoms with Gasteiger partial charge in [0.15, 0.2) is 0 Å². The normalized spacial score (nSPS) is 11.4. The standard InChI is InChI=1S/C28H24N2S4/c1(15-29-21(25-7-3-17-31-25)11-12-22(29)26-8-4-18-32-26)2-16-30-23(27-9-5-19-33-27)13-14-24(30)28-10-6-20-34-28/h3-14,17-20H,1-2,15-16H2. The second-order valence-corrected chi connectivity index (χ2v) is 11.9. The van der Waals surface area contributed by atoms with Crippen molar-refractivity contribution in [2.24, 2.45) is 0 Å². The van der Waals surface area contributed by atoms with E-state index in [1.807, 2.05) is 45.3 Å². The molecule has 0 spiro atoms. The number of hydrogen-bond acceptors (Lipinski definition) is 4. The summed E-state index contributed by atoms with van der Waals surface area (Å²) in [5.41, 5.74) is 5.33. The average Bonchev–Trinajstić information content (AvgIpc) is 3.69. The molecule has 6 aromatic rings. The Morgan fingerprint density at radius 2 is 0.706 bits per heavy atom. The first-order valence-corrected chi connectivity index (χ1v) is 14.9. The Hall–Kier alpha value is -2.64. The number of nitrogens with zero attached hydrogens (tertiary/aromatic N) is 2. The molecular formula is C28H24N2S4. The van der Waals surface area contributed by atoms with Gasteiger partial charge < -0.3 is 9.13 Å². The second kappa shape index (κ2) is 9.92. The van der Waals surface area contributed by atoms with Crippen LogP contribution in [0.15, 0.2) is 94.3 Å². The Morgan fingerprint density at radius 3 is 0.941 bits per heavy atom. The third-order valence-electron chi connectivity index (χ3n) is 6.07. The summed E-state index contributed by atoms with van der Waals surface area (Å²) in [6, 6.07) is 26.7. The molecule has 0 bridgehead atoms. The van der Waals surface area contributed by atoms with Crippen LogP contribution >= 0.6 is 45.3 Å². The summed E-state index contributed by atoms with van der Waals surface area (Å²) in [4.78, 5) is 5.36. The molecule has 170 valence electrons. The van der Waals surface area contributed by atoms with Gasteiger partial charge in [0.2, 0.25) is 0 Å². The SMILES string of the molecule is c1csc(-c2ccc(-c3cccs3)n2CCCCn2c(-c3cccs3)ccc2-c2cccs2)c1. The molecule has 6 aromatic heterocycles. The van der Waals surface area contributed by atoms with Crippen LogP contribution in [0.5, 0.6) is 0 Å². The van der Waals surface area contributed by atoms with Gasteiger partial charge in [0.05, 0.1) is 42.3 Å². The van der Waals surface area contributed by atoms with Gasteiger partial charge in [0.1, 0.15) is 0 Å². The predicted octanol–water partition coefficient (Wildman–Crippen LogP) is 9.68. The maximum Gasteiger partial charge on any atom is 0.0586 e. The molecule has 34 heavy (non-hydrogen) atoms. The minimum atomic E-state index is 1.03. The minimum absolute atomic E-state index is 1.03. The van der Waals surface area contributed by atoms with Crippen LogP contribution in [-0.4, -0.2) is 9.13 Å². The lowest BCUT2D eigenvalue weighted by Crippen LogP contribution is -2.05. The van der Waals surface area contributed by atoms with Gasteiger partial charge in [-0.15, -0.1) is 45.3 Å². The van der Waals surface area contributed by atoms with E-state index >= 15 is 0 Å². The smallest absolute Gasteiger partial charge is 0.0586 e. The summed E-state index contributed by atoms with van der Waals surface area (Å²) >= 11 is 7.28. The molecule has 6 heteroatoms. The second-order valence-electron chi connectivity index (χ2n) is 8.13. The quantitative estimate of drug-likeness (QED) is 0.169. The molecule has 6 rings (SSSR count). The highest BCUT2D eigenvalue weighted by atomic mass is 32.1. The largest absolute Gasteiger partial charge is 0.339 e. The topological polar surface area (TPSA) is 9.86 Å². The number of unbranched alkanes of at least 4 members (excludes halogenated alkanes) is 1. The van der Waals surface area contributed by atoms with Crippen molar-refractivity contribution in [3.63, 3.8) is 0 Å². The lowest BCUT2D eigenvalue weighted by Gasteiger charge is -2.15. The number of rotatable bonds is 9. The first-order valence-electron chi connectivity index (χ1n) is 11.4. The van der Waals surface area contributed by atoms with Crippen molar-refractivity contribution in [2.75, 3.05) is 0 Å². The Balaban J connectivity index is 1.24. The van der Waals surface area contributed by atoms with Gasteiger partial charge in [-0.2, -0.15) is 0 Å². The van der Waals surface area contributed by atoms with Crippen molar-refractivity contribution in [2.45, 2.75) is 25.9 Å². The van der Waals surface area contributed by atoms with Crippen LogP contribution in [0.1, 0.15) is 12.8 Å². The van der Waals surface area contributed by atoms with Crippen molar-refractivity contribution in [1.29, 1.82) is 0 Å². The first-order chi connectivity index (χ1) is 16.9. The molecular weight excluding hydrogens is 493 g/mol. The molecule has 0 aliphatic rings. The van der Waals surface area contributed by atoms with E-state index in [9.17, 15) is 0 Å². The molecule has 0 aromatic carbocycles. The van der Waals surface area contributed by atoms with Crippen molar-refractivity contribution in [3.8, 4) is 42.3 Å². The van der Waals surface area contributed by atoms with E-state index in [2.05, 4.69) is 103 Å². The van der Waals surface area contributed by atoms with Crippen LogP contribution < -0.4 is 0 Å². The summed E-state index contributed by atoms with van der Waals surface area (Å²) in [7, 11) is 0. The van der Waals surface area contributed by atoms with Gasteiger partial charge in [-0.3, -0.25) is 0 Å². The molecule has 0 radical (unpaired) electrons. The van der Waals surface area contributed by atoms with Crippen molar-refractivity contribution in [1.82, 2.24) is 9.13 Å². The van der Waals surface area contributed by atoms with E-state index in [4.69, 9.17) is 0 Å². The van der Waals surface area contributed by atoms with Crippen LogP contribution in [0.4, 0.5) is 0 Å². The average molecular weight is 517 g/mol. The van der Waals surface area contributed by atoms with Crippen molar-refractivity contribution < 1.29 is 0 Å². The van der Waals surface area contributed by atoms with E-state index in [0.29, 0.717) is 0 Å². The van der Waals surface area contributed by atoms with Crippen LogP contribution in [-0.2, 0) is 13.1 Å². The highest BCUT2D eigenvalue weighted by molar-refractivity contribution is 7.14. The maximum absolute atomic E-state index is 2.52. The Morgan fingerprint density at radius 1 is 0.412 bits per heavy atom. The molecule has 0 fully saturated rings. The van der Waals surface area contributed by atoms with E-state index in [1.165, 1.54) is 42.3 Å². The number of hydrogen-bond donors (Lipinski definition) is 0. The van der Waals surface area contributed by atoms with Gasteiger partial charge in [0, 0.05) is 13.1 Å². The molecule has 0 aliphatic heterocycles. The number of thiophene rings is 4. The molecule has 0 saturated carbocycles. The fourth-order valence-corrected chi connectivity index (χ4v) is 7.55. The molecule has 6 heterocycles. The van der Waals surface area contributed by atoms with E-state index < -0.39 is 0 Å². The fraction of sp³-hybridized carbons (Fsp3) is 0.143. The van der Waals surface area contributed by atoms with E-state index in [-0.39, 0.29) is 0 Å². The highest BCUT2D eigenvalue weighted by Crippen LogP contribution is 2.35. The lowest BCUT2D eigenvalue weighted by molar-refractivity contribution is 0.565. The van der Waals surface area contributed by atoms with Gasteiger partial charge in [-0.1, -0.05) is 24.3 Å². The van der Waals surface area contributed by atoms with Crippen LogP contribution in [0, 0.1) is 0 Å². The molecule has 0 amide bonds. The van der Waals surface area contributed by atoms with E-state index in [1.54, 1.807) is 0 Å². The van der Waals surface area contributed by atoms with Crippen LogP contribution in [0.25, 0.3) is 42.3 Å². The summed E-state index contributed by atoms with van der Waals surface area (Å²) in [5.74, 6) is 0. The van der Waals surface area contributed by atoms with Crippen LogP contribution in [0.2, 0.25) is 0 Å². The Labute approximate surface area is 216 Å². The van der Waals surface area contributed by atoms with Crippen molar-refractivity contribution in [3.05, 3.63) is 94.3 Å². The highest BCUT2D eigenvalue weighted by Gasteiger charge is 2.15. The first kappa shape index (κ1) is 21.9. The molecule has 2 nitrogen and oxygen atoms in total. The summed E-state index contributed by atoms with van der Waals surface area (Å²) < 4.78 is 5.04. The summed E-state index contributed by atoms with van der Waals surface area (Å²) in [5, 5.41) is 8.67. The van der Waals surface area contributed by atoms with Crippen LogP contribution in [0.3, 0.4) is 0 Å². The molecule has 0 unspecified atom stereocenters. The number of aromatic nitrogens is 2. The van der Waals surface area contributed by atoms with Gasteiger partial charge in [0.25, 0.3) is 0 Å². The van der Waals surface area contributed by atoms with E-state index in [0.717, 1.165) is 25.9 Å². The maximum atomic E-state index is 2.52. The Kier molecular flexibility index (Phi) is 6.38. The van der Waals surface area contributed by atoms with Gasteiger partial charge in [-0.25, -0.2) is 0 Å². The molecule has 0 atom stereocenters.